The van der Waals surface area contributed by atoms with Gasteiger partial charge in [-0.3, -0.25) is 4.79 Å². The van der Waals surface area contributed by atoms with Crippen LogP contribution in [0.4, 0.5) is 4.79 Å². The van der Waals surface area contributed by atoms with Gasteiger partial charge in [0.15, 0.2) is 11.5 Å². The smallest absolute Gasteiger partial charge is 0.317 e. The van der Waals surface area contributed by atoms with Gasteiger partial charge in [0.05, 0.1) is 5.92 Å². The summed E-state index contributed by atoms with van der Waals surface area (Å²) in [5, 5.41) is 5.48. The molecular weight excluding hydrogens is 308 g/mol. The van der Waals surface area contributed by atoms with Crippen molar-refractivity contribution in [3.05, 3.63) is 30.2 Å². The lowest BCUT2D eigenvalue weighted by molar-refractivity contribution is -0.118. The number of urea groups is 1. The number of nitrogens with zero attached hydrogens (tertiary/aromatic N) is 2. The Bertz CT molecular complexity index is 694. The number of nitrogens with one attached hydrogen (secondary N) is 2. The minimum atomic E-state index is -0.110. The van der Waals surface area contributed by atoms with Crippen LogP contribution in [0.5, 0.6) is 0 Å². The van der Waals surface area contributed by atoms with Gasteiger partial charge in [0, 0.05) is 33.1 Å². The summed E-state index contributed by atoms with van der Waals surface area (Å²) in [6.45, 7) is 3.63. The van der Waals surface area contributed by atoms with E-state index in [0.29, 0.717) is 25.5 Å². The minimum Gasteiger partial charge on any atom is -0.440 e. The Morgan fingerprint density at radius 3 is 2.88 bits per heavy atom. The molecule has 7 nitrogen and oxygen atoms in total. The summed E-state index contributed by atoms with van der Waals surface area (Å²) in [7, 11) is 0. The van der Waals surface area contributed by atoms with Crippen LogP contribution in [0.25, 0.3) is 11.1 Å². The summed E-state index contributed by atoms with van der Waals surface area (Å²) in [6, 6.07) is 7.58. The Morgan fingerprint density at radius 2 is 2.08 bits per heavy atom. The molecule has 1 aliphatic heterocycles. The van der Waals surface area contributed by atoms with E-state index >= 15 is 0 Å². The molecule has 0 unspecified atom stereocenters. The van der Waals surface area contributed by atoms with Crippen LogP contribution < -0.4 is 10.6 Å². The highest BCUT2D eigenvalue weighted by Crippen LogP contribution is 2.28. The standard InChI is InChI=1S/C17H22N4O3/c1-12(22)18-8-9-19-17(23)21-10-4-5-13(11-21)16-20-14-6-2-3-7-15(14)24-16/h2-3,6-7,13H,4-5,8-11H2,1H3,(H,18,22)(H,19,23)/t13-/m0/s1. The first-order valence-corrected chi connectivity index (χ1v) is 8.26. The zero-order chi connectivity index (χ0) is 16.9. The molecule has 2 N–H and O–H groups in total. The molecule has 1 aromatic heterocycles. The lowest BCUT2D eigenvalue weighted by Crippen LogP contribution is -2.46. The highest BCUT2D eigenvalue weighted by molar-refractivity contribution is 5.75. The molecule has 2 heterocycles. The van der Waals surface area contributed by atoms with Gasteiger partial charge in [-0.1, -0.05) is 12.1 Å². The van der Waals surface area contributed by atoms with Gasteiger partial charge in [-0.25, -0.2) is 9.78 Å². The SMILES string of the molecule is CC(=O)NCCNC(=O)N1CCC[C@H](c2nc3ccccc3o2)C1. The van der Waals surface area contributed by atoms with E-state index in [1.807, 2.05) is 24.3 Å². The Labute approximate surface area is 140 Å². The highest BCUT2D eigenvalue weighted by Gasteiger charge is 2.27. The van der Waals surface area contributed by atoms with Crippen LogP contribution in [-0.4, -0.2) is 48.0 Å². The van der Waals surface area contributed by atoms with E-state index in [4.69, 9.17) is 4.42 Å². The fraction of sp³-hybridized carbons (Fsp3) is 0.471. The van der Waals surface area contributed by atoms with E-state index in [2.05, 4.69) is 15.6 Å². The minimum absolute atomic E-state index is 0.0988. The molecule has 0 spiro atoms. The second-order valence-corrected chi connectivity index (χ2v) is 6.02. The number of carbonyl (C=O) groups excluding carboxylic acids is 2. The number of rotatable bonds is 4. The molecule has 7 heteroatoms. The molecule has 24 heavy (non-hydrogen) atoms. The van der Waals surface area contributed by atoms with Gasteiger partial charge < -0.3 is 20.0 Å². The van der Waals surface area contributed by atoms with Crippen LogP contribution in [0.3, 0.4) is 0 Å². The Balaban J connectivity index is 1.57. The molecule has 1 fully saturated rings. The number of amides is 3. The number of hydrogen-bond acceptors (Lipinski definition) is 4. The number of aromatic nitrogens is 1. The van der Waals surface area contributed by atoms with Gasteiger partial charge in [-0.15, -0.1) is 0 Å². The van der Waals surface area contributed by atoms with Gasteiger partial charge in [0.25, 0.3) is 0 Å². The predicted molar refractivity (Wildman–Crippen MR) is 89.6 cm³/mol. The third-order valence-corrected chi connectivity index (χ3v) is 4.14. The van der Waals surface area contributed by atoms with Crippen molar-refractivity contribution in [1.82, 2.24) is 20.5 Å². The summed E-state index contributed by atoms with van der Waals surface area (Å²) < 4.78 is 5.84. The Hall–Kier alpha value is -2.57. The molecule has 0 radical (unpaired) electrons. The maximum atomic E-state index is 12.2. The number of carbonyl (C=O) groups is 2. The van der Waals surface area contributed by atoms with E-state index in [-0.39, 0.29) is 17.9 Å². The number of para-hydroxylation sites is 2. The molecule has 3 rings (SSSR count). The van der Waals surface area contributed by atoms with Gasteiger partial charge in [0.2, 0.25) is 5.91 Å². The number of piperidine rings is 1. The molecule has 2 aromatic rings. The fourth-order valence-electron chi connectivity index (χ4n) is 2.95. The molecular formula is C17H22N4O3. The highest BCUT2D eigenvalue weighted by atomic mass is 16.3. The average Bonchev–Trinajstić information content (AvgIpc) is 3.02. The van der Waals surface area contributed by atoms with E-state index < -0.39 is 0 Å². The van der Waals surface area contributed by atoms with Crippen LogP contribution >= 0.6 is 0 Å². The molecule has 1 atom stereocenters. The number of oxazole rings is 1. The lowest BCUT2D eigenvalue weighted by atomic mass is 9.98. The van der Waals surface area contributed by atoms with Crippen molar-refractivity contribution in [3.63, 3.8) is 0 Å². The maximum absolute atomic E-state index is 12.2. The van der Waals surface area contributed by atoms with Gasteiger partial charge in [-0.05, 0) is 25.0 Å². The fourth-order valence-corrected chi connectivity index (χ4v) is 2.95. The van der Waals surface area contributed by atoms with E-state index in [1.165, 1.54) is 6.92 Å². The van der Waals surface area contributed by atoms with E-state index in [9.17, 15) is 9.59 Å². The summed E-state index contributed by atoms with van der Waals surface area (Å²) in [6.07, 6.45) is 1.88. The second-order valence-electron chi connectivity index (χ2n) is 6.02. The van der Waals surface area contributed by atoms with E-state index in [1.54, 1.807) is 4.90 Å². The van der Waals surface area contributed by atoms with Crippen molar-refractivity contribution in [2.24, 2.45) is 0 Å². The number of hydrogen-bond donors (Lipinski definition) is 2. The third-order valence-electron chi connectivity index (χ3n) is 4.14. The molecule has 0 aliphatic carbocycles. The largest absolute Gasteiger partial charge is 0.440 e. The normalized spacial score (nSPS) is 17.7. The Morgan fingerprint density at radius 1 is 1.29 bits per heavy atom. The number of likely N-dealkylation sites (tertiary alicyclic amines) is 1. The third kappa shape index (κ3) is 3.84. The monoisotopic (exact) mass is 330 g/mol. The molecule has 1 aromatic carbocycles. The van der Waals surface area contributed by atoms with Crippen LogP contribution in [0.2, 0.25) is 0 Å². The average molecular weight is 330 g/mol. The van der Waals surface area contributed by atoms with Crippen molar-refractivity contribution in [2.75, 3.05) is 26.2 Å². The topological polar surface area (TPSA) is 87.5 Å². The number of fused-ring (bicyclic) bond motifs is 1. The lowest BCUT2D eigenvalue weighted by Gasteiger charge is -2.31. The molecule has 1 saturated heterocycles. The number of benzene rings is 1. The van der Waals surface area contributed by atoms with Crippen molar-refractivity contribution in [2.45, 2.75) is 25.7 Å². The molecule has 0 bridgehead atoms. The van der Waals surface area contributed by atoms with Crippen LogP contribution in [0.15, 0.2) is 28.7 Å². The summed E-state index contributed by atoms with van der Waals surface area (Å²) in [5.74, 6) is 0.720. The predicted octanol–water partition coefficient (Wildman–Crippen LogP) is 1.85. The van der Waals surface area contributed by atoms with Crippen molar-refractivity contribution in [1.29, 1.82) is 0 Å². The molecule has 1 aliphatic rings. The summed E-state index contributed by atoms with van der Waals surface area (Å²) in [5.41, 5.74) is 1.63. The molecule has 0 saturated carbocycles. The van der Waals surface area contributed by atoms with Gasteiger partial charge >= 0.3 is 6.03 Å². The summed E-state index contributed by atoms with van der Waals surface area (Å²) in [4.78, 5) is 29.4. The van der Waals surface area contributed by atoms with Crippen LogP contribution in [-0.2, 0) is 4.79 Å². The van der Waals surface area contributed by atoms with Crippen LogP contribution in [0.1, 0.15) is 31.6 Å². The first kappa shape index (κ1) is 16.3. The van der Waals surface area contributed by atoms with Crippen LogP contribution in [0, 0.1) is 0 Å². The first-order chi connectivity index (χ1) is 11.6. The van der Waals surface area contributed by atoms with Crippen molar-refractivity contribution < 1.29 is 14.0 Å². The quantitative estimate of drug-likeness (QED) is 0.838. The molecule has 128 valence electrons. The summed E-state index contributed by atoms with van der Waals surface area (Å²) >= 11 is 0. The zero-order valence-electron chi connectivity index (χ0n) is 13.7. The van der Waals surface area contributed by atoms with Crippen molar-refractivity contribution >= 4 is 23.0 Å². The van der Waals surface area contributed by atoms with Crippen molar-refractivity contribution in [3.8, 4) is 0 Å². The van der Waals surface area contributed by atoms with Gasteiger partial charge in [-0.2, -0.15) is 0 Å². The van der Waals surface area contributed by atoms with E-state index in [0.717, 1.165) is 30.5 Å². The molecule has 3 amide bonds. The maximum Gasteiger partial charge on any atom is 0.317 e. The second kappa shape index (κ2) is 7.33. The Kier molecular flexibility index (Phi) is 4.98. The first-order valence-electron chi connectivity index (χ1n) is 8.26. The zero-order valence-corrected chi connectivity index (χ0v) is 13.7. The van der Waals surface area contributed by atoms with Gasteiger partial charge in [0.1, 0.15) is 5.52 Å².